The quantitative estimate of drug-likeness (QED) is 0.764. The summed E-state index contributed by atoms with van der Waals surface area (Å²) in [6.45, 7) is 3.66. The first-order valence-corrected chi connectivity index (χ1v) is 9.11. The van der Waals surface area contributed by atoms with Crippen molar-refractivity contribution in [1.82, 2.24) is 30.4 Å². The maximum absolute atomic E-state index is 11.9. The molecule has 9 heteroatoms. The van der Waals surface area contributed by atoms with Crippen LogP contribution in [0.3, 0.4) is 0 Å². The second-order valence-electron chi connectivity index (χ2n) is 6.11. The third-order valence-corrected chi connectivity index (χ3v) is 4.44. The van der Waals surface area contributed by atoms with Crippen LogP contribution in [0.4, 0.5) is 4.79 Å². The highest BCUT2D eigenvalue weighted by atomic mass is 32.2. The van der Waals surface area contributed by atoms with Crippen molar-refractivity contribution in [1.29, 1.82) is 0 Å². The van der Waals surface area contributed by atoms with Crippen molar-refractivity contribution in [2.24, 2.45) is 0 Å². The minimum atomic E-state index is -0.486. The lowest BCUT2D eigenvalue weighted by Crippen LogP contribution is -2.43. The molecule has 1 aliphatic carbocycles. The first-order chi connectivity index (χ1) is 12.0. The van der Waals surface area contributed by atoms with Gasteiger partial charge in [-0.05, 0) is 38.8 Å². The van der Waals surface area contributed by atoms with Gasteiger partial charge in [0.15, 0.2) is 11.0 Å². The van der Waals surface area contributed by atoms with Crippen molar-refractivity contribution in [2.45, 2.75) is 43.9 Å². The summed E-state index contributed by atoms with van der Waals surface area (Å²) in [6.07, 6.45) is 5.60. The number of carbonyl (C=O) groups is 2. The lowest BCUT2D eigenvalue weighted by atomic mass is 10.3. The summed E-state index contributed by atoms with van der Waals surface area (Å²) in [4.78, 5) is 27.6. The van der Waals surface area contributed by atoms with Gasteiger partial charge < -0.3 is 5.32 Å². The molecule has 0 radical (unpaired) electrons. The van der Waals surface area contributed by atoms with Gasteiger partial charge in [0.25, 0.3) is 0 Å². The number of nitrogens with zero attached hydrogens (tertiary/aromatic N) is 4. The molecule has 0 aromatic carbocycles. The minimum Gasteiger partial charge on any atom is -0.336 e. The molecule has 0 spiro atoms. The Morgan fingerprint density at radius 1 is 1.36 bits per heavy atom. The van der Waals surface area contributed by atoms with Crippen molar-refractivity contribution < 1.29 is 9.59 Å². The highest BCUT2D eigenvalue weighted by Gasteiger charge is 2.30. The zero-order valence-electron chi connectivity index (χ0n) is 14.1. The number of urea groups is 1. The average molecular weight is 360 g/mol. The smallest absolute Gasteiger partial charge is 0.321 e. The van der Waals surface area contributed by atoms with Gasteiger partial charge in [0, 0.05) is 30.0 Å². The van der Waals surface area contributed by atoms with E-state index in [9.17, 15) is 9.59 Å². The summed E-state index contributed by atoms with van der Waals surface area (Å²) < 4.78 is 2.06. The van der Waals surface area contributed by atoms with Gasteiger partial charge in [-0.1, -0.05) is 11.8 Å². The van der Waals surface area contributed by atoms with E-state index in [0.29, 0.717) is 11.2 Å². The van der Waals surface area contributed by atoms with E-state index >= 15 is 0 Å². The number of hydrogen-bond acceptors (Lipinski definition) is 6. The van der Waals surface area contributed by atoms with E-state index in [2.05, 4.69) is 30.4 Å². The summed E-state index contributed by atoms with van der Waals surface area (Å²) in [7, 11) is 0. The van der Waals surface area contributed by atoms with E-state index in [0.717, 1.165) is 24.2 Å². The number of aromatic nitrogens is 4. The summed E-state index contributed by atoms with van der Waals surface area (Å²) in [5, 5.41) is 14.1. The zero-order chi connectivity index (χ0) is 17.8. The second-order valence-corrected chi connectivity index (χ2v) is 7.06. The van der Waals surface area contributed by atoms with Gasteiger partial charge in [0.1, 0.15) is 0 Å². The first kappa shape index (κ1) is 17.4. The number of nitrogens with one attached hydrogen (secondary N) is 2. The Balaban J connectivity index is 1.66. The number of pyridine rings is 1. The Labute approximate surface area is 149 Å². The summed E-state index contributed by atoms with van der Waals surface area (Å²) in [6, 6.07) is 3.64. The number of imide groups is 1. The lowest BCUT2D eigenvalue weighted by Gasteiger charge is -2.10. The van der Waals surface area contributed by atoms with E-state index in [1.54, 1.807) is 12.4 Å². The summed E-state index contributed by atoms with van der Waals surface area (Å²) in [5.41, 5.74) is 0.898. The second kappa shape index (κ2) is 7.64. The third kappa shape index (κ3) is 4.56. The molecular weight excluding hydrogens is 340 g/mol. The van der Waals surface area contributed by atoms with Crippen LogP contribution in [0.1, 0.15) is 32.7 Å². The molecular formula is C16H20N6O2S. The van der Waals surface area contributed by atoms with Gasteiger partial charge in [-0.3, -0.25) is 19.7 Å². The molecule has 1 aliphatic rings. The fraction of sp³-hybridized carbons (Fsp3) is 0.438. The lowest BCUT2D eigenvalue weighted by molar-refractivity contribution is -0.117. The summed E-state index contributed by atoms with van der Waals surface area (Å²) in [5.74, 6) is 0.496. The molecule has 132 valence electrons. The van der Waals surface area contributed by atoms with E-state index in [1.807, 2.05) is 26.0 Å². The predicted octanol–water partition coefficient (Wildman–Crippen LogP) is 2.00. The number of carbonyl (C=O) groups excluding carboxylic acids is 2. The molecule has 2 N–H and O–H groups in total. The van der Waals surface area contributed by atoms with Gasteiger partial charge in [-0.2, -0.15) is 0 Å². The molecule has 8 nitrogen and oxygen atoms in total. The fourth-order valence-corrected chi connectivity index (χ4v) is 3.13. The molecule has 0 aliphatic heterocycles. The van der Waals surface area contributed by atoms with E-state index < -0.39 is 6.03 Å². The first-order valence-electron chi connectivity index (χ1n) is 8.13. The largest absolute Gasteiger partial charge is 0.336 e. The third-order valence-electron chi connectivity index (χ3n) is 3.50. The molecule has 0 bridgehead atoms. The van der Waals surface area contributed by atoms with Crippen molar-refractivity contribution in [2.75, 3.05) is 5.75 Å². The molecule has 3 rings (SSSR count). The normalized spacial score (nSPS) is 13.7. The van der Waals surface area contributed by atoms with Crippen LogP contribution in [0.5, 0.6) is 0 Å². The van der Waals surface area contributed by atoms with Gasteiger partial charge in [0.05, 0.1) is 5.75 Å². The van der Waals surface area contributed by atoms with Crippen LogP contribution in [-0.4, -0.2) is 43.5 Å². The van der Waals surface area contributed by atoms with E-state index in [4.69, 9.17) is 0 Å². The monoisotopic (exact) mass is 360 g/mol. The Bertz CT molecular complexity index is 757. The molecule has 0 unspecified atom stereocenters. The van der Waals surface area contributed by atoms with Gasteiger partial charge in [0.2, 0.25) is 5.91 Å². The summed E-state index contributed by atoms with van der Waals surface area (Å²) >= 11 is 1.28. The Hall–Kier alpha value is -2.42. The molecule has 3 amide bonds. The molecule has 2 aromatic heterocycles. The highest BCUT2D eigenvalue weighted by Crippen LogP contribution is 2.40. The van der Waals surface area contributed by atoms with Gasteiger partial charge in [-0.15, -0.1) is 10.2 Å². The van der Waals surface area contributed by atoms with Crippen molar-refractivity contribution in [3.05, 3.63) is 24.5 Å². The fourth-order valence-electron chi connectivity index (χ4n) is 2.32. The average Bonchev–Trinajstić information content (AvgIpc) is 3.32. The highest BCUT2D eigenvalue weighted by molar-refractivity contribution is 7.99. The maximum atomic E-state index is 11.9. The molecule has 2 aromatic rings. The van der Waals surface area contributed by atoms with E-state index in [-0.39, 0.29) is 17.7 Å². The van der Waals surface area contributed by atoms with Crippen LogP contribution in [0.2, 0.25) is 0 Å². The standard InChI is InChI=1S/C16H20N6O2S/c1-10(2)18-15(24)19-13(23)9-25-16-21-20-14(22(16)12-5-6-12)11-4-3-7-17-8-11/h3-4,7-8,10,12H,5-6,9H2,1-2H3,(H2,18,19,23,24). The topological polar surface area (TPSA) is 102 Å². The molecule has 1 saturated carbocycles. The SMILES string of the molecule is CC(C)NC(=O)NC(=O)CSc1nnc(-c2cccnc2)n1C1CC1. The number of hydrogen-bond donors (Lipinski definition) is 2. The van der Waals surface area contributed by atoms with Crippen LogP contribution < -0.4 is 10.6 Å². The Morgan fingerprint density at radius 2 is 2.16 bits per heavy atom. The molecule has 25 heavy (non-hydrogen) atoms. The number of thioether (sulfide) groups is 1. The molecule has 1 fully saturated rings. The maximum Gasteiger partial charge on any atom is 0.321 e. The Kier molecular flexibility index (Phi) is 5.32. The molecule has 0 saturated heterocycles. The molecule has 0 atom stereocenters. The zero-order valence-corrected chi connectivity index (χ0v) is 14.9. The van der Waals surface area contributed by atoms with Crippen LogP contribution in [-0.2, 0) is 4.79 Å². The van der Waals surface area contributed by atoms with E-state index in [1.165, 1.54) is 11.8 Å². The van der Waals surface area contributed by atoms with Gasteiger partial charge >= 0.3 is 6.03 Å². The van der Waals surface area contributed by atoms with Crippen LogP contribution >= 0.6 is 11.8 Å². The van der Waals surface area contributed by atoms with Crippen molar-refractivity contribution in [3.63, 3.8) is 0 Å². The van der Waals surface area contributed by atoms with Crippen LogP contribution in [0, 0.1) is 0 Å². The van der Waals surface area contributed by atoms with Crippen molar-refractivity contribution in [3.8, 4) is 11.4 Å². The predicted molar refractivity (Wildman–Crippen MR) is 94.1 cm³/mol. The van der Waals surface area contributed by atoms with Crippen LogP contribution in [0.25, 0.3) is 11.4 Å². The van der Waals surface area contributed by atoms with Crippen LogP contribution in [0.15, 0.2) is 29.7 Å². The van der Waals surface area contributed by atoms with Crippen molar-refractivity contribution >= 4 is 23.7 Å². The number of amides is 3. The molecule has 2 heterocycles. The number of rotatable bonds is 6. The minimum absolute atomic E-state index is 0.0274. The Morgan fingerprint density at radius 3 is 2.80 bits per heavy atom. The van der Waals surface area contributed by atoms with Gasteiger partial charge in [-0.25, -0.2) is 4.79 Å².